The lowest BCUT2D eigenvalue weighted by Crippen LogP contribution is -2.51. The van der Waals surface area contributed by atoms with Gasteiger partial charge in [0, 0.05) is 18.9 Å². The van der Waals surface area contributed by atoms with Crippen molar-refractivity contribution < 1.29 is 14.7 Å². The molecule has 3 fully saturated rings. The molecule has 2 N–H and O–H groups in total. The number of carbonyl (C=O) groups is 1. The molecule has 1 aromatic heterocycles. The average Bonchev–Trinajstić information content (AvgIpc) is 3.13. The number of aliphatic hydroxyl groups is 1. The summed E-state index contributed by atoms with van der Waals surface area (Å²) in [6.07, 6.45) is 14.5. The van der Waals surface area contributed by atoms with E-state index in [1.807, 2.05) is 12.1 Å². The predicted octanol–water partition coefficient (Wildman–Crippen LogP) is 4.39. The first-order valence-electron chi connectivity index (χ1n) is 12.6. The molecule has 6 nitrogen and oxygen atoms in total. The summed E-state index contributed by atoms with van der Waals surface area (Å²) < 4.78 is 0. The summed E-state index contributed by atoms with van der Waals surface area (Å²) in [6.45, 7) is 5.20. The molecule has 3 saturated carbocycles. The van der Waals surface area contributed by atoms with Gasteiger partial charge in [0.2, 0.25) is 0 Å². The number of nitrogens with zero attached hydrogens (tertiary/aromatic N) is 2. The van der Waals surface area contributed by atoms with Crippen LogP contribution in [0.3, 0.4) is 0 Å². The van der Waals surface area contributed by atoms with Crippen molar-refractivity contribution in [2.24, 2.45) is 33.7 Å². The second-order valence-corrected chi connectivity index (χ2v) is 11.1. The molecule has 4 aliphatic carbocycles. The van der Waals surface area contributed by atoms with Crippen molar-refractivity contribution in [3.05, 3.63) is 41.7 Å². The maximum absolute atomic E-state index is 12.1. The van der Waals surface area contributed by atoms with E-state index in [2.05, 4.69) is 35.4 Å². The molecule has 1 heterocycles. The number of amides is 1. The highest BCUT2D eigenvalue weighted by Gasteiger charge is 2.58. The van der Waals surface area contributed by atoms with E-state index in [1.54, 1.807) is 12.4 Å². The average molecular weight is 452 g/mol. The van der Waals surface area contributed by atoms with Crippen LogP contribution in [0.5, 0.6) is 0 Å². The summed E-state index contributed by atoms with van der Waals surface area (Å²) in [5.74, 6) is 1.95. The van der Waals surface area contributed by atoms with Gasteiger partial charge in [0.15, 0.2) is 6.61 Å². The van der Waals surface area contributed by atoms with Gasteiger partial charge in [-0.05, 0) is 104 Å². The number of allylic oxidation sites excluding steroid dienone is 2. The molecule has 0 bridgehead atoms. The SMILES string of the molecule is C[C@]12CC[C@H]3[C@@H](CCC4=C/C(=N/OCC(=O)NCc5ccncc5)CC[C@@]43C)[C@@H]1CC[C@@H]2O. The Bertz CT molecular complexity index is 945. The van der Waals surface area contributed by atoms with Crippen LogP contribution in [-0.4, -0.2) is 34.4 Å². The van der Waals surface area contributed by atoms with Crippen molar-refractivity contribution in [2.45, 2.75) is 77.9 Å². The number of carbonyl (C=O) groups excluding carboxylic acids is 1. The minimum absolute atomic E-state index is 0.0671. The Morgan fingerprint density at radius 3 is 2.79 bits per heavy atom. The lowest BCUT2D eigenvalue weighted by Gasteiger charge is -2.57. The highest BCUT2D eigenvalue weighted by molar-refractivity contribution is 5.96. The quantitative estimate of drug-likeness (QED) is 0.650. The van der Waals surface area contributed by atoms with Gasteiger partial charge in [-0.1, -0.05) is 24.6 Å². The molecule has 33 heavy (non-hydrogen) atoms. The summed E-state index contributed by atoms with van der Waals surface area (Å²) in [7, 11) is 0. The van der Waals surface area contributed by atoms with Crippen LogP contribution in [0.25, 0.3) is 0 Å². The summed E-state index contributed by atoms with van der Waals surface area (Å²) in [5.41, 5.74) is 3.85. The topological polar surface area (TPSA) is 83.8 Å². The van der Waals surface area contributed by atoms with Gasteiger partial charge in [-0.15, -0.1) is 0 Å². The van der Waals surface area contributed by atoms with E-state index in [1.165, 1.54) is 24.8 Å². The zero-order valence-electron chi connectivity index (χ0n) is 19.9. The number of rotatable bonds is 5. The number of hydrogen-bond donors (Lipinski definition) is 2. The molecular weight excluding hydrogens is 414 g/mol. The molecule has 0 unspecified atom stereocenters. The largest absolute Gasteiger partial charge is 0.393 e. The molecular formula is C27H37N3O3. The highest BCUT2D eigenvalue weighted by atomic mass is 16.6. The number of pyridine rings is 1. The maximum Gasteiger partial charge on any atom is 0.261 e. The van der Waals surface area contributed by atoms with Crippen LogP contribution < -0.4 is 5.32 Å². The van der Waals surface area contributed by atoms with Gasteiger partial charge < -0.3 is 15.3 Å². The zero-order valence-corrected chi connectivity index (χ0v) is 19.9. The van der Waals surface area contributed by atoms with Gasteiger partial charge in [-0.25, -0.2) is 0 Å². The number of aliphatic hydroxyl groups excluding tert-OH is 1. The Morgan fingerprint density at radius 1 is 1.15 bits per heavy atom. The third-order valence-corrected chi connectivity index (χ3v) is 9.54. The normalized spacial score (nSPS) is 38.6. The van der Waals surface area contributed by atoms with Crippen molar-refractivity contribution >= 4 is 11.6 Å². The predicted molar refractivity (Wildman–Crippen MR) is 127 cm³/mol. The molecule has 0 radical (unpaired) electrons. The summed E-state index contributed by atoms with van der Waals surface area (Å²) >= 11 is 0. The highest BCUT2D eigenvalue weighted by Crippen LogP contribution is 2.65. The smallest absolute Gasteiger partial charge is 0.261 e. The van der Waals surface area contributed by atoms with Gasteiger partial charge in [0.25, 0.3) is 5.91 Å². The first-order valence-corrected chi connectivity index (χ1v) is 12.6. The van der Waals surface area contributed by atoms with Crippen LogP contribution in [0.15, 0.2) is 41.3 Å². The molecule has 1 amide bonds. The van der Waals surface area contributed by atoms with Gasteiger partial charge in [0.05, 0.1) is 11.8 Å². The molecule has 6 atom stereocenters. The molecule has 178 valence electrons. The standard InChI is InChI=1S/C27H37N3O3/c1-26-11-7-20(30-33-17-25(32)29-16-18-9-13-28-14-10-18)15-19(26)3-4-21-22-5-6-24(31)27(22,2)12-8-23(21)26/h9-10,13-15,21-24,31H,3-8,11-12,16-17H2,1-2H3,(H,29,32)/b30-20+/t21-,22-,23-,24-,26-,27-/m0/s1. The minimum Gasteiger partial charge on any atom is -0.393 e. The Labute approximate surface area is 196 Å². The first-order chi connectivity index (χ1) is 15.9. The molecule has 1 aromatic rings. The third-order valence-electron chi connectivity index (χ3n) is 9.54. The molecule has 0 aliphatic heterocycles. The van der Waals surface area contributed by atoms with Crippen molar-refractivity contribution in [2.75, 3.05) is 6.61 Å². The molecule has 0 spiro atoms. The maximum atomic E-state index is 12.1. The second-order valence-electron chi connectivity index (χ2n) is 11.1. The zero-order chi connectivity index (χ0) is 23.1. The second kappa shape index (κ2) is 8.86. The third kappa shape index (κ3) is 4.11. The molecule has 6 heteroatoms. The van der Waals surface area contributed by atoms with Crippen molar-refractivity contribution in [1.82, 2.24) is 10.3 Å². The van der Waals surface area contributed by atoms with Crippen LogP contribution in [0.1, 0.15) is 70.8 Å². The Morgan fingerprint density at radius 2 is 1.97 bits per heavy atom. The van der Waals surface area contributed by atoms with Gasteiger partial charge in [-0.2, -0.15) is 0 Å². The Balaban J connectivity index is 1.19. The summed E-state index contributed by atoms with van der Waals surface area (Å²) in [5, 5.41) is 17.8. The number of hydrogen-bond acceptors (Lipinski definition) is 5. The van der Waals surface area contributed by atoms with E-state index in [9.17, 15) is 9.90 Å². The van der Waals surface area contributed by atoms with E-state index >= 15 is 0 Å². The van der Waals surface area contributed by atoms with Crippen LogP contribution >= 0.6 is 0 Å². The van der Waals surface area contributed by atoms with Gasteiger partial charge in [0.1, 0.15) is 0 Å². The van der Waals surface area contributed by atoms with E-state index in [0.717, 1.165) is 49.3 Å². The molecule has 0 saturated heterocycles. The number of oxime groups is 1. The Kier molecular flexibility index (Phi) is 6.06. The fourth-order valence-corrected chi connectivity index (χ4v) is 7.54. The van der Waals surface area contributed by atoms with E-state index < -0.39 is 0 Å². The fourth-order valence-electron chi connectivity index (χ4n) is 7.54. The summed E-state index contributed by atoms with van der Waals surface area (Å²) in [6, 6.07) is 3.76. The number of aromatic nitrogens is 1. The summed E-state index contributed by atoms with van der Waals surface area (Å²) in [4.78, 5) is 21.5. The number of fused-ring (bicyclic) bond motifs is 5. The fraction of sp³-hybridized carbons (Fsp3) is 0.667. The first kappa shape index (κ1) is 22.6. The van der Waals surface area contributed by atoms with Crippen LogP contribution in [0.4, 0.5) is 0 Å². The molecule has 5 rings (SSSR count). The lowest BCUT2D eigenvalue weighted by atomic mass is 9.47. The van der Waals surface area contributed by atoms with Crippen LogP contribution in [0, 0.1) is 28.6 Å². The molecule has 4 aliphatic rings. The minimum atomic E-state index is -0.172. The molecule has 0 aromatic carbocycles. The monoisotopic (exact) mass is 451 g/mol. The number of nitrogens with one attached hydrogen (secondary N) is 1. The van der Waals surface area contributed by atoms with E-state index in [0.29, 0.717) is 18.4 Å². The van der Waals surface area contributed by atoms with E-state index in [4.69, 9.17) is 4.84 Å². The lowest BCUT2D eigenvalue weighted by molar-refractivity contribution is -0.125. The Hall–Kier alpha value is -2.21. The van der Waals surface area contributed by atoms with Crippen LogP contribution in [-0.2, 0) is 16.2 Å². The van der Waals surface area contributed by atoms with E-state index in [-0.39, 0.29) is 29.4 Å². The van der Waals surface area contributed by atoms with Crippen molar-refractivity contribution in [3.8, 4) is 0 Å². The van der Waals surface area contributed by atoms with Crippen molar-refractivity contribution in [3.63, 3.8) is 0 Å². The van der Waals surface area contributed by atoms with Crippen molar-refractivity contribution in [1.29, 1.82) is 0 Å². The van der Waals surface area contributed by atoms with Gasteiger partial charge in [-0.3, -0.25) is 9.78 Å². The van der Waals surface area contributed by atoms with Gasteiger partial charge >= 0.3 is 0 Å². The van der Waals surface area contributed by atoms with Crippen LogP contribution in [0.2, 0.25) is 0 Å².